The zero-order valence-electron chi connectivity index (χ0n) is 15.1. The number of nitrogens with zero attached hydrogens (tertiary/aromatic N) is 6. The Morgan fingerprint density at radius 3 is 2.45 bits per heavy atom. The molecule has 0 bridgehead atoms. The lowest BCUT2D eigenvalue weighted by Crippen LogP contribution is -2.06. The Morgan fingerprint density at radius 1 is 1.03 bits per heavy atom. The van der Waals surface area contributed by atoms with Crippen LogP contribution in [0.4, 0.5) is 13.2 Å². The van der Waals surface area contributed by atoms with Crippen molar-refractivity contribution in [2.24, 2.45) is 0 Å². The SMILES string of the molecule is CCc1ccc(-n2c(-c3ccc(C#N)cn3)nc3cc(C(F)(F)F)cnc32)cn1. The summed E-state index contributed by atoms with van der Waals surface area (Å²) in [5.74, 6) is 0.308. The highest BCUT2D eigenvalue weighted by atomic mass is 19.4. The lowest BCUT2D eigenvalue weighted by Gasteiger charge is -2.09. The number of halogens is 3. The van der Waals surface area contributed by atoms with Crippen molar-refractivity contribution in [2.45, 2.75) is 19.5 Å². The van der Waals surface area contributed by atoms with Crippen LogP contribution in [0.1, 0.15) is 23.7 Å². The van der Waals surface area contributed by atoms with Crippen LogP contribution in [0.5, 0.6) is 0 Å². The molecule has 0 fully saturated rings. The van der Waals surface area contributed by atoms with Crippen LogP contribution in [0.15, 0.2) is 48.9 Å². The van der Waals surface area contributed by atoms with Gasteiger partial charge in [0.2, 0.25) is 0 Å². The van der Waals surface area contributed by atoms with Gasteiger partial charge in [0.15, 0.2) is 11.5 Å². The fourth-order valence-electron chi connectivity index (χ4n) is 2.89. The van der Waals surface area contributed by atoms with Gasteiger partial charge in [0.25, 0.3) is 0 Å². The highest BCUT2D eigenvalue weighted by molar-refractivity contribution is 5.79. The van der Waals surface area contributed by atoms with Gasteiger partial charge in [0.05, 0.1) is 23.0 Å². The summed E-state index contributed by atoms with van der Waals surface area (Å²) in [6.45, 7) is 1.97. The van der Waals surface area contributed by atoms with Crippen molar-refractivity contribution in [1.82, 2.24) is 24.5 Å². The van der Waals surface area contributed by atoms with Gasteiger partial charge in [-0.15, -0.1) is 0 Å². The van der Waals surface area contributed by atoms with Crippen LogP contribution in [-0.4, -0.2) is 24.5 Å². The average molecular weight is 394 g/mol. The van der Waals surface area contributed by atoms with Gasteiger partial charge in [-0.05, 0) is 36.8 Å². The summed E-state index contributed by atoms with van der Waals surface area (Å²) in [4.78, 5) is 17.0. The standard InChI is InChI=1S/C20H13F3N6/c1-2-14-4-5-15(11-25-14)29-18-17(7-13(10-27-18)20(21,22)23)28-19(29)16-6-3-12(8-24)9-26-16/h3-7,9-11H,2H2,1H3. The van der Waals surface area contributed by atoms with Gasteiger partial charge in [0, 0.05) is 18.1 Å². The van der Waals surface area contributed by atoms with Crippen molar-refractivity contribution in [2.75, 3.05) is 0 Å². The Morgan fingerprint density at radius 2 is 1.86 bits per heavy atom. The predicted octanol–water partition coefficient (Wildman–Crippen LogP) is 4.33. The minimum absolute atomic E-state index is 0.0838. The number of rotatable bonds is 3. The fraction of sp³-hybridized carbons (Fsp3) is 0.150. The van der Waals surface area contributed by atoms with Gasteiger partial charge >= 0.3 is 6.18 Å². The first-order valence-electron chi connectivity index (χ1n) is 8.68. The van der Waals surface area contributed by atoms with E-state index < -0.39 is 11.7 Å². The molecular weight excluding hydrogens is 381 g/mol. The second-order valence-corrected chi connectivity index (χ2v) is 6.24. The molecule has 0 aliphatic carbocycles. The fourth-order valence-corrected chi connectivity index (χ4v) is 2.89. The molecule has 4 aromatic heterocycles. The number of aromatic nitrogens is 5. The summed E-state index contributed by atoms with van der Waals surface area (Å²) in [6, 6.07) is 9.74. The lowest BCUT2D eigenvalue weighted by molar-refractivity contribution is -0.137. The first-order valence-corrected chi connectivity index (χ1v) is 8.68. The number of fused-ring (bicyclic) bond motifs is 1. The number of aryl methyl sites for hydroxylation is 1. The zero-order valence-corrected chi connectivity index (χ0v) is 15.1. The highest BCUT2D eigenvalue weighted by Crippen LogP contribution is 2.32. The minimum Gasteiger partial charge on any atom is -0.274 e. The van der Waals surface area contributed by atoms with E-state index in [-0.39, 0.29) is 11.2 Å². The van der Waals surface area contributed by atoms with Crippen molar-refractivity contribution >= 4 is 11.2 Å². The second kappa shape index (κ2) is 6.98. The number of nitriles is 1. The van der Waals surface area contributed by atoms with Crippen LogP contribution in [0.3, 0.4) is 0 Å². The minimum atomic E-state index is -4.53. The van der Waals surface area contributed by atoms with Crippen molar-refractivity contribution < 1.29 is 13.2 Å². The third kappa shape index (κ3) is 3.40. The van der Waals surface area contributed by atoms with Crippen molar-refractivity contribution in [1.29, 1.82) is 5.26 Å². The summed E-state index contributed by atoms with van der Waals surface area (Å²) in [5.41, 5.74) is 1.69. The summed E-state index contributed by atoms with van der Waals surface area (Å²) in [5, 5.41) is 8.97. The second-order valence-electron chi connectivity index (χ2n) is 6.24. The summed E-state index contributed by atoms with van der Waals surface area (Å²) < 4.78 is 40.9. The maximum Gasteiger partial charge on any atom is 0.417 e. The van der Waals surface area contributed by atoms with Gasteiger partial charge < -0.3 is 0 Å². The average Bonchev–Trinajstić information content (AvgIpc) is 3.12. The third-order valence-corrected chi connectivity index (χ3v) is 4.38. The molecule has 0 unspecified atom stereocenters. The summed E-state index contributed by atoms with van der Waals surface area (Å²) >= 11 is 0. The highest BCUT2D eigenvalue weighted by Gasteiger charge is 2.32. The van der Waals surface area contributed by atoms with E-state index in [4.69, 9.17) is 5.26 Å². The summed E-state index contributed by atoms with van der Waals surface area (Å²) in [7, 11) is 0. The van der Waals surface area contributed by atoms with E-state index >= 15 is 0 Å². The molecule has 0 saturated heterocycles. The topological polar surface area (TPSA) is 80.3 Å². The molecule has 0 radical (unpaired) electrons. The molecule has 144 valence electrons. The molecule has 0 aliphatic rings. The van der Waals surface area contributed by atoms with E-state index in [0.717, 1.165) is 24.4 Å². The van der Waals surface area contributed by atoms with Gasteiger partial charge in [-0.1, -0.05) is 6.92 Å². The maximum absolute atomic E-state index is 13.1. The molecule has 4 heterocycles. The number of alkyl halides is 3. The zero-order chi connectivity index (χ0) is 20.6. The molecule has 29 heavy (non-hydrogen) atoms. The Balaban J connectivity index is 1.97. The van der Waals surface area contributed by atoms with E-state index in [1.807, 2.05) is 19.1 Å². The predicted molar refractivity (Wildman–Crippen MR) is 99.0 cm³/mol. The smallest absolute Gasteiger partial charge is 0.274 e. The van der Waals surface area contributed by atoms with E-state index in [1.54, 1.807) is 29.0 Å². The molecule has 4 aromatic rings. The Labute approximate surface area is 163 Å². The molecule has 0 aliphatic heterocycles. The van der Waals surface area contributed by atoms with Crippen LogP contribution in [0.25, 0.3) is 28.4 Å². The van der Waals surface area contributed by atoms with Gasteiger partial charge in [0.1, 0.15) is 17.3 Å². The van der Waals surface area contributed by atoms with Crippen molar-refractivity contribution in [3.8, 4) is 23.3 Å². The van der Waals surface area contributed by atoms with Crippen LogP contribution in [-0.2, 0) is 12.6 Å². The monoisotopic (exact) mass is 394 g/mol. The van der Waals surface area contributed by atoms with Gasteiger partial charge in [-0.2, -0.15) is 18.4 Å². The van der Waals surface area contributed by atoms with Crippen molar-refractivity contribution in [3.05, 3.63) is 65.7 Å². The number of imidazole rings is 1. The van der Waals surface area contributed by atoms with E-state index in [1.165, 1.54) is 6.20 Å². The third-order valence-electron chi connectivity index (χ3n) is 4.38. The molecule has 9 heteroatoms. The van der Waals surface area contributed by atoms with Crippen LogP contribution in [0, 0.1) is 11.3 Å². The Hall–Kier alpha value is -3.80. The van der Waals surface area contributed by atoms with Gasteiger partial charge in [-0.3, -0.25) is 14.5 Å². The van der Waals surface area contributed by atoms with E-state index in [2.05, 4.69) is 19.9 Å². The number of hydrogen-bond donors (Lipinski definition) is 0. The van der Waals surface area contributed by atoms with E-state index in [0.29, 0.717) is 22.8 Å². The maximum atomic E-state index is 13.1. The van der Waals surface area contributed by atoms with Crippen LogP contribution < -0.4 is 0 Å². The molecule has 4 rings (SSSR count). The van der Waals surface area contributed by atoms with Gasteiger partial charge in [-0.25, -0.2) is 9.97 Å². The molecule has 0 saturated carbocycles. The first-order chi connectivity index (χ1) is 13.9. The van der Waals surface area contributed by atoms with Crippen molar-refractivity contribution in [3.63, 3.8) is 0 Å². The van der Waals surface area contributed by atoms with E-state index in [9.17, 15) is 13.2 Å². The Bertz CT molecular complexity index is 1220. The first kappa shape index (κ1) is 18.6. The molecule has 0 atom stereocenters. The summed E-state index contributed by atoms with van der Waals surface area (Å²) in [6.07, 6.45) is 0.00710. The molecule has 0 amide bonds. The molecule has 0 N–H and O–H groups in total. The molecule has 0 aromatic carbocycles. The number of pyridine rings is 3. The quantitative estimate of drug-likeness (QED) is 0.517. The Kier molecular flexibility index (Phi) is 4.47. The number of hydrogen-bond acceptors (Lipinski definition) is 5. The van der Waals surface area contributed by atoms with Crippen LogP contribution in [0.2, 0.25) is 0 Å². The molecular formula is C20H13F3N6. The molecule has 6 nitrogen and oxygen atoms in total. The largest absolute Gasteiger partial charge is 0.417 e. The van der Waals surface area contributed by atoms with Crippen LogP contribution >= 0.6 is 0 Å². The molecule has 0 spiro atoms. The lowest BCUT2D eigenvalue weighted by atomic mass is 10.2. The normalized spacial score (nSPS) is 11.6.